The van der Waals surface area contributed by atoms with Gasteiger partial charge in [-0.05, 0) is 80.3 Å². The molecule has 208 valence electrons. The molecule has 0 unspecified atom stereocenters. The largest absolute Gasteiger partial charge is 0.106 e. The van der Waals surface area contributed by atoms with Crippen LogP contribution in [0.3, 0.4) is 0 Å². The Hall–Kier alpha value is -3.42. The van der Waals surface area contributed by atoms with Gasteiger partial charge in [0, 0.05) is 0 Å². The van der Waals surface area contributed by atoms with Crippen molar-refractivity contribution >= 4 is 20.2 Å². The Labute approximate surface area is 248 Å². The molecule has 0 fully saturated rings. The molecule has 0 aliphatic heterocycles. The highest BCUT2D eigenvalue weighted by Crippen LogP contribution is 2.45. The van der Waals surface area contributed by atoms with Crippen LogP contribution >= 0.6 is 0 Å². The van der Waals surface area contributed by atoms with Crippen LogP contribution in [0.1, 0.15) is 86.3 Å². The van der Waals surface area contributed by atoms with Crippen molar-refractivity contribution in [1.82, 2.24) is 0 Å². The molecule has 4 aromatic rings. The number of allylic oxidation sites excluding steroid dienone is 2. The van der Waals surface area contributed by atoms with E-state index in [1.807, 2.05) is 0 Å². The van der Waals surface area contributed by atoms with Gasteiger partial charge in [-0.3, -0.25) is 0 Å². The van der Waals surface area contributed by atoms with Gasteiger partial charge < -0.3 is 0 Å². The molecule has 0 aromatic heterocycles. The van der Waals surface area contributed by atoms with Gasteiger partial charge in [-0.1, -0.05) is 161 Å². The summed E-state index contributed by atoms with van der Waals surface area (Å²) in [4.78, 5) is 0. The van der Waals surface area contributed by atoms with E-state index in [2.05, 4.69) is 138 Å². The van der Waals surface area contributed by atoms with Crippen LogP contribution in [0.15, 0.2) is 95.3 Å². The van der Waals surface area contributed by atoms with Crippen LogP contribution in [0, 0.1) is 0 Å². The molecule has 4 aromatic carbocycles. The third kappa shape index (κ3) is 5.10. The Kier molecular flexibility index (Phi) is 7.51. The molecule has 0 radical (unpaired) electrons. The Morgan fingerprint density at radius 2 is 1.00 bits per heavy atom. The first kappa shape index (κ1) is 27.7. The van der Waals surface area contributed by atoms with Crippen molar-refractivity contribution in [2.24, 2.45) is 0 Å². The average Bonchev–Trinajstić information content (AvgIpc) is 3.63. The van der Waals surface area contributed by atoms with E-state index < -0.39 is 8.07 Å². The molecule has 0 nitrogen and oxygen atoms in total. The van der Waals surface area contributed by atoms with Gasteiger partial charge in [0.15, 0.2) is 0 Å². The summed E-state index contributed by atoms with van der Waals surface area (Å²) in [6, 6.07) is 33.7. The summed E-state index contributed by atoms with van der Waals surface area (Å²) in [6.07, 6.45) is 8.66. The molecule has 0 heterocycles. The summed E-state index contributed by atoms with van der Waals surface area (Å²) in [5.74, 6) is 1.11. The Bertz CT molecular complexity index is 1510. The number of hydrogen-bond donors (Lipinski definition) is 0. The van der Waals surface area contributed by atoms with Crippen LogP contribution < -0.4 is 0 Å². The number of fused-ring (bicyclic) bond motifs is 2. The maximum absolute atomic E-state index is 2.65. The van der Waals surface area contributed by atoms with Crippen molar-refractivity contribution in [3.8, 4) is 22.3 Å². The maximum Gasteiger partial charge on any atom is 0.106 e. The van der Waals surface area contributed by atoms with Gasteiger partial charge in [0.1, 0.15) is 8.07 Å². The normalized spacial score (nSPS) is 14.3. The Morgan fingerprint density at radius 1 is 0.585 bits per heavy atom. The van der Waals surface area contributed by atoms with E-state index in [1.54, 1.807) is 10.4 Å². The van der Waals surface area contributed by atoms with Gasteiger partial charge in [0.25, 0.3) is 0 Å². The van der Waals surface area contributed by atoms with Gasteiger partial charge in [-0.2, -0.15) is 0 Å². The highest BCUT2D eigenvalue weighted by molar-refractivity contribution is 6.93. The first-order chi connectivity index (χ1) is 19.8. The molecule has 1 heteroatoms. The summed E-state index contributed by atoms with van der Waals surface area (Å²) in [5.41, 5.74) is 14.2. The van der Waals surface area contributed by atoms with Crippen LogP contribution in [-0.2, 0) is 12.8 Å². The highest BCUT2D eigenvalue weighted by atomic mass is 28.3. The van der Waals surface area contributed by atoms with Gasteiger partial charge >= 0.3 is 0 Å². The summed E-state index contributed by atoms with van der Waals surface area (Å²) in [6.45, 7) is 14.1. The predicted octanol–water partition coefficient (Wildman–Crippen LogP) is 11.4. The molecule has 0 saturated heterocycles. The minimum Gasteiger partial charge on any atom is -0.0712 e. The van der Waals surface area contributed by atoms with E-state index in [-0.39, 0.29) is 0 Å². The van der Waals surface area contributed by atoms with Crippen LogP contribution in [0.4, 0.5) is 0 Å². The van der Waals surface area contributed by atoms with Gasteiger partial charge in [-0.15, -0.1) is 0 Å². The van der Waals surface area contributed by atoms with Gasteiger partial charge in [0.2, 0.25) is 0 Å². The fourth-order valence-electron chi connectivity index (χ4n) is 7.07. The minimum atomic E-state index is -1.85. The van der Waals surface area contributed by atoms with Crippen LogP contribution in [0.2, 0.25) is 12.6 Å². The lowest BCUT2D eigenvalue weighted by molar-refractivity contribution is 0.867. The van der Waals surface area contributed by atoms with Gasteiger partial charge in [0.05, 0.1) is 0 Å². The molecule has 2 aliphatic rings. The number of hydrogen-bond acceptors (Lipinski definition) is 0. The second-order valence-electron chi connectivity index (χ2n) is 13.1. The summed E-state index contributed by atoms with van der Waals surface area (Å²) in [7, 11) is -1.85. The fraction of sp³-hybridized carbons (Fsp3) is 0.300. The van der Waals surface area contributed by atoms with Crippen molar-refractivity contribution in [2.75, 3.05) is 0 Å². The van der Waals surface area contributed by atoms with Gasteiger partial charge in [-0.25, -0.2) is 0 Å². The van der Waals surface area contributed by atoms with Crippen molar-refractivity contribution in [2.45, 2.75) is 78.3 Å². The molecule has 0 bridgehead atoms. The van der Waals surface area contributed by atoms with E-state index in [1.165, 1.54) is 68.1 Å². The van der Waals surface area contributed by atoms with E-state index in [0.29, 0.717) is 11.8 Å². The lowest BCUT2D eigenvalue weighted by atomic mass is 9.94. The third-order valence-corrected chi connectivity index (χ3v) is 14.7. The molecule has 0 spiro atoms. The molecule has 2 aliphatic carbocycles. The lowest BCUT2D eigenvalue weighted by Crippen LogP contribution is -2.36. The zero-order chi connectivity index (χ0) is 28.7. The van der Waals surface area contributed by atoms with Crippen LogP contribution in [0.25, 0.3) is 34.4 Å². The Balaban J connectivity index is 1.37. The first-order valence-electron chi connectivity index (χ1n) is 15.6. The predicted molar refractivity (Wildman–Crippen MR) is 182 cm³/mol. The minimum absolute atomic E-state index is 0.557. The second-order valence-corrected chi connectivity index (χ2v) is 17.5. The van der Waals surface area contributed by atoms with E-state index in [9.17, 15) is 0 Å². The van der Waals surface area contributed by atoms with Crippen molar-refractivity contribution in [3.05, 3.63) is 129 Å². The summed E-state index contributed by atoms with van der Waals surface area (Å²) >= 11 is 0. The lowest BCUT2D eigenvalue weighted by Gasteiger charge is -2.31. The third-order valence-electron chi connectivity index (χ3n) is 9.74. The topological polar surface area (TPSA) is 0 Å². The summed E-state index contributed by atoms with van der Waals surface area (Å²) in [5, 5.41) is 3.42. The van der Waals surface area contributed by atoms with Crippen molar-refractivity contribution in [1.29, 1.82) is 0 Å². The number of benzene rings is 4. The van der Waals surface area contributed by atoms with Crippen LogP contribution in [0.5, 0.6) is 0 Å². The quantitative estimate of drug-likeness (QED) is 0.191. The highest BCUT2D eigenvalue weighted by Gasteiger charge is 2.39. The van der Waals surface area contributed by atoms with E-state index >= 15 is 0 Å². The molecule has 0 saturated carbocycles. The van der Waals surface area contributed by atoms with Crippen molar-refractivity contribution < 1.29 is 0 Å². The van der Waals surface area contributed by atoms with Crippen molar-refractivity contribution in [3.63, 3.8) is 0 Å². The zero-order valence-corrected chi connectivity index (χ0v) is 26.7. The summed E-state index contributed by atoms with van der Waals surface area (Å²) < 4.78 is 0. The smallest absolute Gasteiger partial charge is 0.0712 e. The standard InChI is InChI=1S/C40H44Si/c1-7-22-41(6,35-23-33-10-8-12-37(39(33)25-35)31-18-14-29(15-19-31)27(2)3)36-24-34-11-9-13-38(40(34)26-36)32-20-16-30(17-21-32)28(4)5/h8-21,25-28H,7,22-24H2,1-6H3. The first-order valence-corrected chi connectivity index (χ1v) is 18.4. The second kappa shape index (κ2) is 11.1. The molecule has 6 rings (SSSR count). The SMILES string of the molecule is CCC[Si](C)(C1=Cc2c(cccc2-c2ccc(C(C)C)cc2)C1)C1=Cc2c(cccc2-c2ccc(C(C)C)cc2)C1. The molecular weight excluding hydrogens is 509 g/mol. The monoisotopic (exact) mass is 552 g/mol. The van der Waals surface area contributed by atoms with Crippen LogP contribution in [-0.4, -0.2) is 8.07 Å². The number of rotatable bonds is 8. The van der Waals surface area contributed by atoms with E-state index in [0.717, 1.165) is 12.8 Å². The molecule has 41 heavy (non-hydrogen) atoms. The van der Waals surface area contributed by atoms with E-state index in [4.69, 9.17) is 0 Å². The molecule has 0 N–H and O–H groups in total. The average molecular weight is 553 g/mol. The Morgan fingerprint density at radius 3 is 1.37 bits per heavy atom. The molecule has 0 atom stereocenters. The fourth-order valence-corrected chi connectivity index (χ4v) is 11.2. The zero-order valence-electron chi connectivity index (χ0n) is 25.7. The molecular formula is C40H44Si. The maximum atomic E-state index is 2.65. The molecule has 0 amide bonds.